The van der Waals surface area contributed by atoms with Gasteiger partial charge >= 0.3 is 0 Å². The largest absolute Gasteiger partial charge is 0.493 e. The molecule has 0 fully saturated rings. The second-order valence-corrected chi connectivity index (χ2v) is 5.34. The average molecular weight is 277 g/mol. The third kappa shape index (κ3) is 3.98. The minimum atomic E-state index is 0.581. The van der Waals surface area contributed by atoms with Crippen LogP contribution in [0.25, 0.3) is 0 Å². The molecule has 0 atom stereocenters. The summed E-state index contributed by atoms with van der Waals surface area (Å²) in [4.78, 5) is 2.55. The van der Waals surface area contributed by atoms with Gasteiger partial charge in [0.1, 0.15) is 6.61 Å². The van der Waals surface area contributed by atoms with Gasteiger partial charge in [-0.3, -0.25) is 0 Å². The Kier molecular flexibility index (Phi) is 5.24. The van der Waals surface area contributed by atoms with Crippen molar-refractivity contribution in [2.75, 3.05) is 13.7 Å². The predicted molar refractivity (Wildman–Crippen MR) is 79.0 cm³/mol. The summed E-state index contributed by atoms with van der Waals surface area (Å²) in [7, 11) is 1.65. The number of thiophene rings is 1. The molecule has 1 heterocycles. The van der Waals surface area contributed by atoms with E-state index in [1.54, 1.807) is 18.4 Å². The molecule has 2 aromatic rings. The smallest absolute Gasteiger partial charge is 0.161 e. The topological polar surface area (TPSA) is 30.5 Å². The van der Waals surface area contributed by atoms with Crippen LogP contribution in [-0.2, 0) is 13.2 Å². The molecule has 1 aromatic heterocycles. The average Bonchev–Trinajstić information content (AvgIpc) is 2.91. The Bertz CT molecular complexity index is 510. The molecule has 0 radical (unpaired) electrons. The number of para-hydroxylation sites is 2. The highest BCUT2D eigenvalue weighted by molar-refractivity contribution is 7.11. The first-order valence-corrected chi connectivity index (χ1v) is 7.19. The fourth-order valence-electron chi connectivity index (χ4n) is 1.73. The molecule has 2 rings (SSSR count). The Labute approximate surface area is 118 Å². The predicted octanol–water partition coefficient (Wildman–Crippen LogP) is 3.45. The third-order valence-corrected chi connectivity index (χ3v) is 3.76. The first-order valence-electron chi connectivity index (χ1n) is 6.37. The van der Waals surface area contributed by atoms with Crippen LogP contribution in [0.1, 0.15) is 16.7 Å². The molecule has 0 unspecified atom stereocenters. The Morgan fingerprint density at radius 2 is 1.79 bits per heavy atom. The van der Waals surface area contributed by atoms with E-state index < -0.39 is 0 Å². The van der Waals surface area contributed by atoms with Crippen molar-refractivity contribution in [2.45, 2.75) is 20.1 Å². The van der Waals surface area contributed by atoms with Crippen molar-refractivity contribution < 1.29 is 9.47 Å². The standard InChI is InChI=1S/C15H19NO2S/c1-3-16-10-12-8-9-13(19-12)11-18-15-7-5-4-6-14(15)17-2/h4-9,16H,3,10-11H2,1-2H3. The fraction of sp³-hybridized carbons (Fsp3) is 0.333. The monoisotopic (exact) mass is 277 g/mol. The zero-order valence-corrected chi connectivity index (χ0v) is 12.1. The van der Waals surface area contributed by atoms with Crippen molar-refractivity contribution in [3.05, 3.63) is 46.2 Å². The minimum Gasteiger partial charge on any atom is -0.493 e. The summed E-state index contributed by atoms with van der Waals surface area (Å²) in [5.41, 5.74) is 0. The Morgan fingerprint density at radius 1 is 1.05 bits per heavy atom. The number of benzene rings is 1. The van der Waals surface area contributed by atoms with E-state index in [4.69, 9.17) is 9.47 Å². The molecule has 0 amide bonds. The van der Waals surface area contributed by atoms with Crippen LogP contribution < -0.4 is 14.8 Å². The van der Waals surface area contributed by atoms with Gasteiger partial charge < -0.3 is 14.8 Å². The molecule has 0 spiro atoms. The summed E-state index contributed by atoms with van der Waals surface area (Å²) in [6, 6.07) is 12.0. The van der Waals surface area contributed by atoms with Crippen LogP contribution in [0.5, 0.6) is 11.5 Å². The van der Waals surface area contributed by atoms with Crippen LogP contribution in [0.2, 0.25) is 0 Å². The highest BCUT2D eigenvalue weighted by Crippen LogP contribution is 2.27. The summed E-state index contributed by atoms with van der Waals surface area (Å²) in [6.45, 7) is 4.61. The summed E-state index contributed by atoms with van der Waals surface area (Å²) < 4.78 is 11.1. The van der Waals surface area contributed by atoms with Gasteiger partial charge in [0.15, 0.2) is 11.5 Å². The molecule has 0 bridgehead atoms. The van der Waals surface area contributed by atoms with Gasteiger partial charge in [-0.25, -0.2) is 0 Å². The van der Waals surface area contributed by atoms with Crippen LogP contribution in [0.4, 0.5) is 0 Å². The molecule has 3 nitrogen and oxygen atoms in total. The van der Waals surface area contributed by atoms with E-state index in [1.807, 2.05) is 24.3 Å². The highest BCUT2D eigenvalue weighted by Gasteiger charge is 2.04. The lowest BCUT2D eigenvalue weighted by Crippen LogP contribution is -2.10. The van der Waals surface area contributed by atoms with Gasteiger partial charge in [0, 0.05) is 16.3 Å². The number of methoxy groups -OCH3 is 1. The maximum absolute atomic E-state index is 5.80. The molecule has 1 aromatic carbocycles. The molecule has 0 aliphatic heterocycles. The van der Waals surface area contributed by atoms with Gasteiger partial charge in [0.25, 0.3) is 0 Å². The van der Waals surface area contributed by atoms with Crippen molar-refractivity contribution in [3.8, 4) is 11.5 Å². The molecule has 1 N–H and O–H groups in total. The van der Waals surface area contributed by atoms with Crippen molar-refractivity contribution in [2.24, 2.45) is 0 Å². The van der Waals surface area contributed by atoms with E-state index in [9.17, 15) is 0 Å². The van der Waals surface area contributed by atoms with Gasteiger partial charge in [-0.1, -0.05) is 19.1 Å². The second-order valence-electron chi connectivity index (χ2n) is 4.09. The zero-order chi connectivity index (χ0) is 13.5. The molecule has 102 valence electrons. The van der Waals surface area contributed by atoms with Crippen LogP contribution in [0.3, 0.4) is 0 Å². The summed E-state index contributed by atoms with van der Waals surface area (Å²) >= 11 is 1.78. The lowest BCUT2D eigenvalue weighted by Gasteiger charge is -2.09. The maximum Gasteiger partial charge on any atom is 0.161 e. The lowest BCUT2D eigenvalue weighted by molar-refractivity contribution is 0.287. The Hall–Kier alpha value is -1.52. The first kappa shape index (κ1) is 13.9. The molecule has 0 aliphatic carbocycles. The normalized spacial score (nSPS) is 10.4. The molecular formula is C15H19NO2S. The summed E-state index contributed by atoms with van der Waals surface area (Å²) in [5.74, 6) is 1.55. The van der Waals surface area contributed by atoms with Crippen molar-refractivity contribution in [1.29, 1.82) is 0 Å². The number of hydrogen-bond donors (Lipinski definition) is 1. The van der Waals surface area contributed by atoms with Gasteiger partial charge in [0.2, 0.25) is 0 Å². The van der Waals surface area contributed by atoms with E-state index in [1.165, 1.54) is 9.75 Å². The number of nitrogens with one attached hydrogen (secondary N) is 1. The number of ether oxygens (including phenoxy) is 2. The van der Waals surface area contributed by atoms with Crippen LogP contribution in [0, 0.1) is 0 Å². The minimum absolute atomic E-state index is 0.581. The second kappa shape index (κ2) is 7.16. The fourth-order valence-corrected chi connectivity index (χ4v) is 2.63. The van der Waals surface area contributed by atoms with Gasteiger partial charge in [0.05, 0.1) is 7.11 Å². The summed E-state index contributed by atoms with van der Waals surface area (Å²) in [6.07, 6.45) is 0. The lowest BCUT2D eigenvalue weighted by atomic mass is 10.3. The Morgan fingerprint density at radius 3 is 2.53 bits per heavy atom. The number of hydrogen-bond acceptors (Lipinski definition) is 4. The van der Waals surface area contributed by atoms with Crippen molar-refractivity contribution >= 4 is 11.3 Å². The third-order valence-electron chi connectivity index (χ3n) is 2.71. The Balaban J connectivity index is 1.93. The van der Waals surface area contributed by atoms with Gasteiger partial charge in [-0.15, -0.1) is 11.3 Å². The highest BCUT2D eigenvalue weighted by atomic mass is 32.1. The van der Waals surface area contributed by atoms with Crippen LogP contribution in [0.15, 0.2) is 36.4 Å². The van der Waals surface area contributed by atoms with E-state index >= 15 is 0 Å². The van der Waals surface area contributed by atoms with Crippen molar-refractivity contribution in [1.82, 2.24) is 5.32 Å². The van der Waals surface area contributed by atoms with Crippen molar-refractivity contribution in [3.63, 3.8) is 0 Å². The molecule has 0 saturated heterocycles. The van der Waals surface area contributed by atoms with Crippen LogP contribution >= 0.6 is 11.3 Å². The quantitative estimate of drug-likeness (QED) is 0.841. The van der Waals surface area contributed by atoms with Gasteiger partial charge in [-0.2, -0.15) is 0 Å². The van der Waals surface area contributed by atoms with Crippen LogP contribution in [-0.4, -0.2) is 13.7 Å². The van der Waals surface area contributed by atoms with Gasteiger partial charge in [-0.05, 0) is 30.8 Å². The maximum atomic E-state index is 5.80. The molecular weight excluding hydrogens is 258 g/mol. The van der Waals surface area contributed by atoms with E-state index in [2.05, 4.69) is 24.4 Å². The summed E-state index contributed by atoms with van der Waals surface area (Å²) in [5, 5.41) is 3.32. The SMILES string of the molecule is CCNCc1ccc(COc2ccccc2OC)s1. The number of rotatable bonds is 7. The molecule has 0 aliphatic rings. The van der Waals surface area contributed by atoms with E-state index in [0.29, 0.717) is 6.61 Å². The van der Waals surface area contributed by atoms with E-state index in [-0.39, 0.29) is 0 Å². The molecule has 4 heteroatoms. The van der Waals surface area contributed by atoms with E-state index in [0.717, 1.165) is 24.6 Å². The molecule has 0 saturated carbocycles. The first-order chi connectivity index (χ1) is 9.33. The molecule has 19 heavy (non-hydrogen) atoms. The zero-order valence-electron chi connectivity index (χ0n) is 11.3.